The molecular formula is C17H17ClO. The molecule has 0 aliphatic heterocycles. The number of hydrogen-bond acceptors (Lipinski definition) is 1. The van der Waals surface area contributed by atoms with Crippen LogP contribution in [0.25, 0.3) is 0 Å². The van der Waals surface area contributed by atoms with Crippen molar-refractivity contribution in [1.82, 2.24) is 0 Å². The Labute approximate surface area is 119 Å². The summed E-state index contributed by atoms with van der Waals surface area (Å²) in [7, 11) is 0. The number of ketones is 1. The summed E-state index contributed by atoms with van der Waals surface area (Å²) < 4.78 is 0. The van der Waals surface area contributed by atoms with Gasteiger partial charge in [-0.15, -0.1) is 0 Å². The molecule has 0 aliphatic carbocycles. The molecule has 0 fully saturated rings. The molecule has 0 amide bonds. The van der Waals surface area contributed by atoms with E-state index in [1.807, 2.05) is 18.2 Å². The van der Waals surface area contributed by atoms with Crippen LogP contribution in [0.4, 0.5) is 0 Å². The second kappa shape index (κ2) is 6.03. The van der Waals surface area contributed by atoms with Crippen LogP contribution < -0.4 is 0 Å². The van der Waals surface area contributed by atoms with Gasteiger partial charge in [0.2, 0.25) is 0 Å². The summed E-state index contributed by atoms with van der Waals surface area (Å²) in [4.78, 5) is 12.1. The largest absolute Gasteiger partial charge is 0.294 e. The van der Waals surface area contributed by atoms with Gasteiger partial charge in [-0.25, -0.2) is 0 Å². The van der Waals surface area contributed by atoms with E-state index >= 15 is 0 Å². The normalized spacial score (nSPS) is 10.5. The molecule has 0 aromatic heterocycles. The van der Waals surface area contributed by atoms with Crippen LogP contribution in [-0.2, 0) is 6.42 Å². The Morgan fingerprint density at radius 3 is 2.32 bits per heavy atom. The minimum atomic E-state index is 0.144. The lowest BCUT2D eigenvalue weighted by Gasteiger charge is -2.09. The second-order valence-electron chi connectivity index (χ2n) is 4.80. The van der Waals surface area contributed by atoms with Crippen molar-refractivity contribution in [2.75, 3.05) is 0 Å². The Morgan fingerprint density at radius 2 is 1.68 bits per heavy atom. The van der Waals surface area contributed by atoms with E-state index in [1.165, 1.54) is 16.7 Å². The molecule has 0 unspecified atom stereocenters. The third-order valence-corrected chi connectivity index (χ3v) is 3.63. The summed E-state index contributed by atoms with van der Waals surface area (Å²) in [6, 6.07) is 13.4. The molecule has 0 heterocycles. The third kappa shape index (κ3) is 3.45. The molecule has 0 bridgehead atoms. The van der Waals surface area contributed by atoms with Gasteiger partial charge in [0.15, 0.2) is 5.78 Å². The highest BCUT2D eigenvalue weighted by atomic mass is 35.5. The van der Waals surface area contributed by atoms with Crippen LogP contribution in [0.5, 0.6) is 0 Å². The van der Waals surface area contributed by atoms with Gasteiger partial charge in [0.05, 0.1) is 0 Å². The average molecular weight is 273 g/mol. The summed E-state index contributed by atoms with van der Waals surface area (Å²) in [6.45, 7) is 4.18. The van der Waals surface area contributed by atoms with Crippen LogP contribution in [-0.4, -0.2) is 5.78 Å². The van der Waals surface area contributed by atoms with Crippen LogP contribution in [0.2, 0.25) is 5.02 Å². The number of aryl methyl sites for hydroxylation is 2. The topological polar surface area (TPSA) is 17.1 Å². The summed E-state index contributed by atoms with van der Waals surface area (Å²) >= 11 is 5.90. The van der Waals surface area contributed by atoms with Gasteiger partial charge in [-0.2, -0.15) is 0 Å². The van der Waals surface area contributed by atoms with Crippen molar-refractivity contribution in [2.45, 2.75) is 26.7 Å². The number of Topliss-reactive ketones (excluding diaryl/α,β-unsaturated/α-hetero) is 1. The fraction of sp³-hybridized carbons (Fsp3) is 0.235. The van der Waals surface area contributed by atoms with E-state index in [0.717, 1.165) is 6.42 Å². The maximum absolute atomic E-state index is 12.1. The van der Waals surface area contributed by atoms with E-state index in [4.69, 9.17) is 11.6 Å². The molecule has 0 atom stereocenters. The molecule has 2 aromatic rings. The lowest BCUT2D eigenvalue weighted by Crippen LogP contribution is -2.03. The van der Waals surface area contributed by atoms with Gasteiger partial charge in [0.25, 0.3) is 0 Å². The molecule has 2 aromatic carbocycles. The van der Waals surface area contributed by atoms with Crippen molar-refractivity contribution < 1.29 is 4.79 Å². The number of hydrogen-bond donors (Lipinski definition) is 0. The van der Waals surface area contributed by atoms with E-state index in [1.54, 1.807) is 12.1 Å². The number of carbonyl (C=O) groups excluding carboxylic acids is 1. The second-order valence-corrected chi connectivity index (χ2v) is 5.24. The third-order valence-electron chi connectivity index (χ3n) is 3.39. The summed E-state index contributed by atoms with van der Waals surface area (Å²) in [6.07, 6.45) is 1.30. The predicted octanol–water partition coefficient (Wildman–Crippen LogP) is 4.77. The van der Waals surface area contributed by atoms with E-state index < -0.39 is 0 Å². The van der Waals surface area contributed by atoms with Crippen molar-refractivity contribution in [2.24, 2.45) is 0 Å². The molecule has 98 valence electrons. The Balaban J connectivity index is 2.09. The zero-order valence-corrected chi connectivity index (χ0v) is 12.0. The van der Waals surface area contributed by atoms with Gasteiger partial charge in [-0.05, 0) is 49.1 Å². The monoisotopic (exact) mass is 272 g/mol. The van der Waals surface area contributed by atoms with Gasteiger partial charge < -0.3 is 0 Å². The first-order valence-corrected chi connectivity index (χ1v) is 6.79. The van der Waals surface area contributed by atoms with Crippen molar-refractivity contribution in [1.29, 1.82) is 0 Å². The standard InChI is InChI=1S/C17H17ClO/c1-12-5-3-6-13(2)16(12)9-10-17(19)14-7-4-8-15(18)11-14/h3-8,11H,9-10H2,1-2H3. The van der Waals surface area contributed by atoms with Gasteiger partial charge >= 0.3 is 0 Å². The van der Waals surface area contributed by atoms with E-state index in [-0.39, 0.29) is 5.78 Å². The fourth-order valence-electron chi connectivity index (χ4n) is 2.29. The van der Waals surface area contributed by atoms with Crippen molar-refractivity contribution in [3.63, 3.8) is 0 Å². The van der Waals surface area contributed by atoms with Crippen LogP contribution in [0.15, 0.2) is 42.5 Å². The molecule has 19 heavy (non-hydrogen) atoms. The SMILES string of the molecule is Cc1cccc(C)c1CCC(=O)c1cccc(Cl)c1. The Hall–Kier alpha value is -1.60. The molecule has 2 heteroatoms. The van der Waals surface area contributed by atoms with Crippen LogP contribution >= 0.6 is 11.6 Å². The minimum absolute atomic E-state index is 0.144. The number of carbonyl (C=O) groups is 1. The number of rotatable bonds is 4. The first kappa shape index (κ1) is 13.8. The van der Waals surface area contributed by atoms with Crippen molar-refractivity contribution in [3.8, 4) is 0 Å². The lowest BCUT2D eigenvalue weighted by atomic mass is 9.96. The Bertz CT molecular complexity index is 582. The molecule has 0 saturated carbocycles. The first-order chi connectivity index (χ1) is 9.08. The summed E-state index contributed by atoms with van der Waals surface area (Å²) in [5.41, 5.74) is 4.47. The fourth-order valence-corrected chi connectivity index (χ4v) is 2.48. The average Bonchev–Trinajstić information content (AvgIpc) is 2.38. The van der Waals surface area contributed by atoms with Crippen LogP contribution in [0.3, 0.4) is 0 Å². The molecule has 1 nitrogen and oxygen atoms in total. The highest BCUT2D eigenvalue weighted by Crippen LogP contribution is 2.18. The molecule has 0 spiro atoms. The van der Waals surface area contributed by atoms with Gasteiger partial charge in [0.1, 0.15) is 0 Å². The predicted molar refractivity (Wildman–Crippen MR) is 80.0 cm³/mol. The van der Waals surface area contributed by atoms with Gasteiger partial charge in [-0.1, -0.05) is 41.9 Å². The lowest BCUT2D eigenvalue weighted by molar-refractivity contribution is 0.0983. The Morgan fingerprint density at radius 1 is 1.05 bits per heavy atom. The molecule has 0 radical (unpaired) electrons. The van der Waals surface area contributed by atoms with E-state index in [0.29, 0.717) is 17.0 Å². The first-order valence-electron chi connectivity index (χ1n) is 6.42. The van der Waals surface area contributed by atoms with Crippen LogP contribution in [0, 0.1) is 13.8 Å². The maximum Gasteiger partial charge on any atom is 0.163 e. The molecule has 2 rings (SSSR count). The highest BCUT2D eigenvalue weighted by Gasteiger charge is 2.09. The van der Waals surface area contributed by atoms with Crippen molar-refractivity contribution in [3.05, 3.63) is 69.7 Å². The van der Waals surface area contributed by atoms with E-state index in [9.17, 15) is 4.79 Å². The molecule has 0 saturated heterocycles. The zero-order valence-electron chi connectivity index (χ0n) is 11.2. The quantitative estimate of drug-likeness (QED) is 0.733. The minimum Gasteiger partial charge on any atom is -0.294 e. The summed E-state index contributed by atoms with van der Waals surface area (Å²) in [5.74, 6) is 0.144. The number of halogens is 1. The van der Waals surface area contributed by atoms with Crippen molar-refractivity contribution >= 4 is 17.4 Å². The van der Waals surface area contributed by atoms with E-state index in [2.05, 4.69) is 26.0 Å². The van der Waals surface area contributed by atoms with Gasteiger partial charge in [-0.3, -0.25) is 4.79 Å². The smallest absolute Gasteiger partial charge is 0.163 e. The molecule has 0 N–H and O–H groups in total. The zero-order chi connectivity index (χ0) is 13.8. The highest BCUT2D eigenvalue weighted by molar-refractivity contribution is 6.31. The maximum atomic E-state index is 12.1. The molecule has 0 aliphatic rings. The number of benzene rings is 2. The molecular weight excluding hydrogens is 256 g/mol. The van der Waals surface area contributed by atoms with Gasteiger partial charge in [0, 0.05) is 17.0 Å². The van der Waals surface area contributed by atoms with Crippen LogP contribution in [0.1, 0.15) is 33.5 Å². The Kier molecular flexibility index (Phi) is 4.39. The summed E-state index contributed by atoms with van der Waals surface area (Å²) in [5, 5.41) is 0.609.